The minimum Gasteiger partial charge on any atom is -0.383 e. The van der Waals surface area contributed by atoms with Gasteiger partial charge in [0.15, 0.2) is 0 Å². The molecule has 3 aromatic rings. The average molecular weight is 334 g/mol. The van der Waals surface area contributed by atoms with Crippen molar-refractivity contribution in [3.63, 3.8) is 0 Å². The lowest BCUT2D eigenvalue weighted by Gasteiger charge is -2.14. The standard InChI is InChI=1S/C20H16ClN3/c1-4-5-7-14-10-12(2)17(13(3)11-14)15-8-6-9-16-18(15)23-20(21)24-19(16)22/h1,5-11H,2-3H3,(H2,22,23,24)/b7-5+. The van der Waals surface area contributed by atoms with Gasteiger partial charge in [-0.3, -0.25) is 0 Å². The van der Waals surface area contributed by atoms with Crippen LogP contribution in [0.1, 0.15) is 16.7 Å². The molecule has 2 aromatic carbocycles. The Balaban J connectivity index is 2.29. The van der Waals surface area contributed by atoms with E-state index < -0.39 is 0 Å². The molecule has 0 saturated heterocycles. The molecule has 0 amide bonds. The first-order chi connectivity index (χ1) is 11.5. The van der Waals surface area contributed by atoms with Gasteiger partial charge < -0.3 is 5.73 Å². The number of aryl methyl sites for hydroxylation is 2. The maximum absolute atomic E-state index is 6.02. The first-order valence-corrected chi connectivity index (χ1v) is 7.85. The summed E-state index contributed by atoms with van der Waals surface area (Å²) in [6.07, 6.45) is 8.90. The molecule has 0 aliphatic carbocycles. The second kappa shape index (κ2) is 6.35. The Morgan fingerprint density at radius 1 is 1.17 bits per heavy atom. The van der Waals surface area contributed by atoms with Gasteiger partial charge in [-0.2, -0.15) is 0 Å². The van der Waals surface area contributed by atoms with Crippen molar-refractivity contribution < 1.29 is 0 Å². The number of nitrogens with zero attached hydrogens (tertiary/aromatic N) is 2. The number of rotatable bonds is 2. The lowest BCUT2D eigenvalue weighted by molar-refractivity contribution is 1.23. The van der Waals surface area contributed by atoms with Crippen molar-refractivity contribution in [2.75, 3.05) is 5.73 Å². The summed E-state index contributed by atoms with van der Waals surface area (Å²) < 4.78 is 0. The second-order valence-electron chi connectivity index (χ2n) is 5.61. The van der Waals surface area contributed by atoms with Crippen molar-refractivity contribution in [3.8, 4) is 23.5 Å². The van der Waals surface area contributed by atoms with Gasteiger partial charge in [0.1, 0.15) is 5.82 Å². The van der Waals surface area contributed by atoms with Crippen LogP contribution in [0.2, 0.25) is 5.28 Å². The maximum Gasteiger partial charge on any atom is 0.224 e. The van der Waals surface area contributed by atoms with Gasteiger partial charge in [-0.05, 0) is 65.9 Å². The van der Waals surface area contributed by atoms with Crippen molar-refractivity contribution in [1.29, 1.82) is 0 Å². The van der Waals surface area contributed by atoms with Crippen LogP contribution in [0.25, 0.3) is 28.1 Å². The van der Waals surface area contributed by atoms with Crippen molar-refractivity contribution in [2.24, 2.45) is 0 Å². The zero-order valence-electron chi connectivity index (χ0n) is 13.5. The second-order valence-corrected chi connectivity index (χ2v) is 5.95. The SMILES string of the molecule is C#C/C=C/c1cc(C)c(-c2cccc3c(N)nc(Cl)nc23)c(C)c1. The van der Waals surface area contributed by atoms with E-state index in [2.05, 4.69) is 41.9 Å². The number of hydrogen-bond donors (Lipinski definition) is 1. The van der Waals surface area contributed by atoms with E-state index in [0.29, 0.717) is 5.82 Å². The highest BCUT2D eigenvalue weighted by molar-refractivity contribution is 6.29. The molecule has 0 aliphatic heterocycles. The maximum atomic E-state index is 6.02. The number of para-hydroxylation sites is 1. The van der Waals surface area contributed by atoms with Gasteiger partial charge >= 0.3 is 0 Å². The number of benzene rings is 2. The quantitative estimate of drug-likeness (QED) is 0.541. The molecule has 3 rings (SSSR count). The van der Waals surface area contributed by atoms with Gasteiger partial charge in [0.2, 0.25) is 5.28 Å². The highest BCUT2D eigenvalue weighted by Crippen LogP contribution is 2.35. The normalized spacial score (nSPS) is 11.1. The smallest absolute Gasteiger partial charge is 0.224 e. The number of aromatic nitrogens is 2. The molecule has 0 fully saturated rings. The molecule has 0 bridgehead atoms. The zero-order chi connectivity index (χ0) is 17.3. The topological polar surface area (TPSA) is 51.8 Å². The third-order valence-corrected chi connectivity index (χ3v) is 4.09. The van der Waals surface area contributed by atoms with Crippen LogP contribution in [0.5, 0.6) is 0 Å². The van der Waals surface area contributed by atoms with Gasteiger partial charge in [0.05, 0.1) is 5.52 Å². The van der Waals surface area contributed by atoms with E-state index in [1.807, 2.05) is 24.3 Å². The third-order valence-electron chi connectivity index (χ3n) is 3.93. The minimum atomic E-state index is 0.149. The molecule has 1 heterocycles. The van der Waals surface area contributed by atoms with Gasteiger partial charge in [-0.15, -0.1) is 6.42 Å². The van der Waals surface area contributed by atoms with Crippen LogP contribution in [-0.2, 0) is 0 Å². The highest BCUT2D eigenvalue weighted by atomic mass is 35.5. The number of anilines is 1. The van der Waals surface area contributed by atoms with E-state index in [0.717, 1.165) is 38.7 Å². The number of halogens is 1. The zero-order valence-corrected chi connectivity index (χ0v) is 14.2. The summed E-state index contributed by atoms with van der Waals surface area (Å²) in [5, 5.41) is 0.948. The average Bonchev–Trinajstić information content (AvgIpc) is 2.52. The summed E-state index contributed by atoms with van der Waals surface area (Å²) in [7, 11) is 0. The van der Waals surface area contributed by atoms with Crippen LogP contribution in [0.15, 0.2) is 36.4 Å². The Hall–Kier alpha value is -2.83. The summed E-state index contributed by atoms with van der Waals surface area (Å²) >= 11 is 6.02. The molecule has 24 heavy (non-hydrogen) atoms. The first kappa shape index (κ1) is 16.0. The lowest BCUT2D eigenvalue weighted by atomic mass is 9.92. The summed E-state index contributed by atoms with van der Waals surface area (Å²) in [6, 6.07) is 10.1. The Bertz CT molecular complexity index is 990. The molecule has 0 radical (unpaired) electrons. The predicted molar refractivity (Wildman–Crippen MR) is 102 cm³/mol. The van der Waals surface area contributed by atoms with E-state index >= 15 is 0 Å². The van der Waals surface area contributed by atoms with E-state index in [4.69, 9.17) is 23.8 Å². The van der Waals surface area contributed by atoms with Crippen LogP contribution in [0.3, 0.4) is 0 Å². The molecule has 4 heteroatoms. The largest absolute Gasteiger partial charge is 0.383 e. The van der Waals surface area contributed by atoms with Gasteiger partial charge in [-0.25, -0.2) is 9.97 Å². The van der Waals surface area contributed by atoms with E-state index in [1.54, 1.807) is 6.08 Å². The Morgan fingerprint density at radius 3 is 2.54 bits per heavy atom. The molecule has 3 nitrogen and oxygen atoms in total. The number of hydrogen-bond acceptors (Lipinski definition) is 3. The van der Waals surface area contributed by atoms with Crippen molar-refractivity contribution in [1.82, 2.24) is 9.97 Å². The summed E-state index contributed by atoms with van der Waals surface area (Å²) in [4.78, 5) is 8.43. The van der Waals surface area contributed by atoms with E-state index in [9.17, 15) is 0 Å². The van der Waals surface area contributed by atoms with Gasteiger partial charge in [-0.1, -0.05) is 30.2 Å². The van der Waals surface area contributed by atoms with E-state index in [1.165, 1.54) is 0 Å². The monoisotopic (exact) mass is 333 g/mol. The van der Waals surface area contributed by atoms with Crippen LogP contribution in [-0.4, -0.2) is 9.97 Å². The van der Waals surface area contributed by atoms with Gasteiger partial charge in [0.25, 0.3) is 0 Å². The Labute approximate surface area is 146 Å². The Morgan fingerprint density at radius 2 is 1.88 bits per heavy atom. The highest BCUT2D eigenvalue weighted by Gasteiger charge is 2.13. The summed E-state index contributed by atoms with van der Waals surface area (Å²) in [5.74, 6) is 2.90. The molecule has 0 saturated carbocycles. The van der Waals surface area contributed by atoms with Crippen LogP contribution in [0, 0.1) is 26.2 Å². The molecule has 1 aromatic heterocycles. The molecule has 0 atom stereocenters. The first-order valence-electron chi connectivity index (χ1n) is 7.47. The van der Waals surface area contributed by atoms with Crippen LogP contribution < -0.4 is 5.73 Å². The minimum absolute atomic E-state index is 0.149. The summed E-state index contributed by atoms with van der Waals surface area (Å²) in [6.45, 7) is 4.14. The molecule has 0 aliphatic rings. The third kappa shape index (κ3) is 2.84. The fourth-order valence-corrected chi connectivity index (χ4v) is 3.19. The summed E-state index contributed by atoms with van der Waals surface area (Å²) in [5.41, 5.74) is 12.2. The van der Waals surface area contributed by atoms with Crippen molar-refractivity contribution in [3.05, 3.63) is 58.4 Å². The molecule has 0 spiro atoms. The lowest BCUT2D eigenvalue weighted by Crippen LogP contribution is -1.98. The number of fused-ring (bicyclic) bond motifs is 1. The van der Waals surface area contributed by atoms with Crippen LogP contribution >= 0.6 is 11.6 Å². The van der Waals surface area contributed by atoms with Crippen molar-refractivity contribution >= 4 is 34.4 Å². The number of nitrogens with two attached hydrogens (primary N) is 1. The predicted octanol–water partition coefficient (Wildman–Crippen LogP) is 4.80. The van der Waals surface area contributed by atoms with Gasteiger partial charge in [0, 0.05) is 10.9 Å². The van der Waals surface area contributed by atoms with Crippen LogP contribution in [0.4, 0.5) is 5.82 Å². The molecule has 0 unspecified atom stereocenters. The molecule has 118 valence electrons. The molecular weight excluding hydrogens is 318 g/mol. The number of nitrogen functional groups attached to an aromatic ring is 1. The Kier molecular flexibility index (Phi) is 4.24. The molecule has 2 N–H and O–H groups in total. The van der Waals surface area contributed by atoms with Crippen molar-refractivity contribution in [2.45, 2.75) is 13.8 Å². The fourth-order valence-electron chi connectivity index (χ4n) is 3.01. The fraction of sp³-hybridized carbons (Fsp3) is 0.100. The number of allylic oxidation sites excluding steroid dienone is 1. The number of terminal acetylenes is 1. The molecular formula is C20H16ClN3. The van der Waals surface area contributed by atoms with E-state index in [-0.39, 0.29) is 5.28 Å².